The zero-order valence-electron chi connectivity index (χ0n) is 13.0. The quantitative estimate of drug-likeness (QED) is 0.666. The maximum Gasteiger partial charge on any atom is 0.217 e. The Hall–Kier alpha value is -2.93. The Morgan fingerprint density at radius 3 is 2.55 bits per heavy atom. The Balaban J connectivity index is 2.31. The molecule has 3 aromatic rings. The first kappa shape index (κ1) is 14.0. The van der Waals surface area contributed by atoms with E-state index in [1.807, 2.05) is 65.3 Å². The highest BCUT2D eigenvalue weighted by molar-refractivity contribution is 5.54. The fraction of sp³-hybridized carbons (Fsp3) is 0.167. The summed E-state index contributed by atoms with van der Waals surface area (Å²) in [4.78, 5) is 0. The van der Waals surface area contributed by atoms with Crippen molar-refractivity contribution in [1.29, 1.82) is 5.26 Å². The molecule has 0 N–H and O–H groups in total. The van der Waals surface area contributed by atoms with Gasteiger partial charge in [-0.2, -0.15) is 9.83 Å². The minimum Gasteiger partial charge on any atom is -0.192 e. The zero-order valence-corrected chi connectivity index (χ0v) is 13.0. The first-order chi connectivity index (χ1) is 10.6. The van der Waals surface area contributed by atoms with Crippen molar-refractivity contribution in [1.82, 2.24) is 4.68 Å². The van der Waals surface area contributed by atoms with E-state index in [1.165, 1.54) is 0 Å². The van der Waals surface area contributed by atoms with Crippen molar-refractivity contribution in [2.24, 2.45) is 7.05 Å². The average molecular weight is 290 g/mol. The molecule has 2 aromatic heterocycles. The number of rotatable bonds is 2. The third kappa shape index (κ3) is 2.27. The topological polar surface area (TPSA) is 36.5 Å². The fourth-order valence-corrected chi connectivity index (χ4v) is 2.71. The molecular formula is C18H18N4+2. The molecule has 4 heteroatoms. The minimum absolute atomic E-state index is 0.653. The fourth-order valence-electron chi connectivity index (χ4n) is 2.71. The van der Waals surface area contributed by atoms with E-state index in [9.17, 15) is 5.26 Å². The first-order valence-corrected chi connectivity index (χ1v) is 7.18. The lowest BCUT2D eigenvalue weighted by Gasteiger charge is -2.09. The van der Waals surface area contributed by atoms with Crippen molar-refractivity contribution >= 4 is 0 Å². The molecule has 0 unspecified atom stereocenters. The van der Waals surface area contributed by atoms with Gasteiger partial charge >= 0.3 is 0 Å². The number of aromatic nitrogens is 3. The van der Waals surface area contributed by atoms with Crippen LogP contribution in [-0.4, -0.2) is 4.68 Å². The molecule has 0 aliphatic rings. The van der Waals surface area contributed by atoms with Gasteiger partial charge in [0, 0.05) is 31.2 Å². The Kier molecular flexibility index (Phi) is 3.48. The van der Waals surface area contributed by atoms with Crippen molar-refractivity contribution in [2.45, 2.75) is 13.8 Å². The third-order valence-electron chi connectivity index (χ3n) is 3.92. The van der Waals surface area contributed by atoms with Crippen LogP contribution in [0.25, 0.3) is 11.4 Å². The van der Waals surface area contributed by atoms with Gasteiger partial charge in [0.25, 0.3) is 0 Å². The van der Waals surface area contributed by atoms with Crippen LogP contribution in [0.3, 0.4) is 0 Å². The number of hydrogen-bond donors (Lipinski definition) is 0. The maximum absolute atomic E-state index is 9.39. The maximum atomic E-state index is 9.39. The van der Waals surface area contributed by atoms with E-state index < -0.39 is 0 Å². The van der Waals surface area contributed by atoms with Crippen molar-refractivity contribution in [2.75, 3.05) is 0 Å². The Morgan fingerprint density at radius 1 is 1.09 bits per heavy atom. The molecule has 22 heavy (non-hydrogen) atoms. The van der Waals surface area contributed by atoms with Gasteiger partial charge < -0.3 is 0 Å². The van der Waals surface area contributed by atoms with Gasteiger partial charge in [-0.1, -0.05) is 6.07 Å². The lowest BCUT2D eigenvalue weighted by atomic mass is 10.1. The van der Waals surface area contributed by atoms with Crippen molar-refractivity contribution in [3.8, 4) is 17.4 Å². The summed E-state index contributed by atoms with van der Waals surface area (Å²) < 4.78 is 6.15. The molecule has 3 rings (SSSR count). The van der Waals surface area contributed by atoms with E-state index in [4.69, 9.17) is 0 Å². The van der Waals surface area contributed by atoms with E-state index in [0.717, 1.165) is 22.6 Å². The van der Waals surface area contributed by atoms with Crippen LogP contribution in [0.5, 0.6) is 0 Å². The highest BCUT2D eigenvalue weighted by Gasteiger charge is 2.20. The van der Waals surface area contributed by atoms with Crippen molar-refractivity contribution in [3.05, 3.63) is 71.8 Å². The van der Waals surface area contributed by atoms with E-state index in [0.29, 0.717) is 5.56 Å². The minimum atomic E-state index is 0.653. The van der Waals surface area contributed by atoms with Gasteiger partial charge in [0.05, 0.1) is 23.4 Å². The van der Waals surface area contributed by atoms with Gasteiger partial charge in [0.15, 0.2) is 25.1 Å². The van der Waals surface area contributed by atoms with Crippen LogP contribution in [0.1, 0.15) is 16.8 Å². The molecule has 1 aromatic carbocycles. The summed E-state index contributed by atoms with van der Waals surface area (Å²) in [6, 6.07) is 14.2. The molecule has 0 spiro atoms. The van der Waals surface area contributed by atoms with Gasteiger partial charge in [-0.25, -0.2) is 0 Å². The zero-order chi connectivity index (χ0) is 15.7. The molecule has 0 bridgehead atoms. The van der Waals surface area contributed by atoms with E-state index in [-0.39, 0.29) is 0 Å². The summed E-state index contributed by atoms with van der Waals surface area (Å²) >= 11 is 0. The number of hydrogen-bond acceptors (Lipinski definition) is 1. The van der Waals surface area contributed by atoms with Crippen LogP contribution < -0.4 is 9.25 Å². The summed E-state index contributed by atoms with van der Waals surface area (Å²) in [5.74, 6) is 0. The molecule has 0 aliphatic heterocycles. The van der Waals surface area contributed by atoms with Gasteiger partial charge in [-0.05, 0) is 13.0 Å². The van der Waals surface area contributed by atoms with Gasteiger partial charge in [-0.15, -0.1) is 9.36 Å². The monoisotopic (exact) mass is 290 g/mol. The molecule has 4 nitrogen and oxygen atoms in total. The standard InChI is InChI=1S/C18H18N4/c1-14-7-4-5-9-21(14)17-11-16(13-19)12-18(15(17)2)22-10-6-8-20(22)3/h4-12H,1-3H3/q+2. The molecule has 0 amide bonds. The van der Waals surface area contributed by atoms with Crippen LogP contribution >= 0.6 is 0 Å². The molecular weight excluding hydrogens is 272 g/mol. The van der Waals surface area contributed by atoms with Gasteiger partial charge in [-0.3, -0.25) is 0 Å². The van der Waals surface area contributed by atoms with Gasteiger partial charge in [0.2, 0.25) is 5.69 Å². The second-order valence-electron chi connectivity index (χ2n) is 5.37. The van der Waals surface area contributed by atoms with Crippen molar-refractivity contribution in [3.63, 3.8) is 0 Å². The van der Waals surface area contributed by atoms with Gasteiger partial charge in [0.1, 0.15) is 5.69 Å². The van der Waals surface area contributed by atoms with Crippen LogP contribution in [0.15, 0.2) is 55.0 Å². The van der Waals surface area contributed by atoms with E-state index >= 15 is 0 Å². The normalized spacial score (nSPS) is 10.5. The van der Waals surface area contributed by atoms with E-state index in [1.54, 1.807) is 0 Å². The van der Waals surface area contributed by atoms with Crippen molar-refractivity contribution < 1.29 is 9.25 Å². The highest BCUT2D eigenvalue weighted by atomic mass is 15.4. The summed E-state index contributed by atoms with van der Waals surface area (Å²) in [5, 5.41) is 9.39. The van der Waals surface area contributed by atoms with E-state index in [2.05, 4.69) is 30.6 Å². The number of aryl methyl sites for hydroxylation is 2. The number of benzene rings is 1. The largest absolute Gasteiger partial charge is 0.217 e. The summed E-state index contributed by atoms with van der Waals surface area (Å²) in [7, 11) is 1.99. The second-order valence-corrected chi connectivity index (χ2v) is 5.37. The Bertz CT molecular complexity index is 884. The van der Waals surface area contributed by atoms with Crippen LogP contribution in [-0.2, 0) is 7.05 Å². The molecule has 2 heterocycles. The average Bonchev–Trinajstić information content (AvgIpc) is 2.94. The predicted molar refractivity (Wildman–Crippen MR) is 82.7 cm³/mol. The third-order valence-corrected chi connectivity index (χ3v) is 3.92. The SMILES string of the molecule is Cc1c(-n2ccc[n+]2C)cc(C#N)cc1-[n+]1ccccc1C. The van der Waals surface area contributed by atoms with Crippen LogP contribution in [0, 0.1) is 25.2 Å². The molecule has 0 radical (unpaired) electrons. The summed E-state index contributed by atoms with van der Waals surface area (Å²) in [5.41, 5.74) is 4.95. The Labute approximate surface area is 130 Å². The molecule has 0 fully saturated rings. The first-order valence-electron chi connectivity index (χ1n) is 7.18. The van der Waals surface area contributed by atoms with Crippen LogP contribution in [0.2, 0.25) is 0 Å². The van der Waals surface area contributed by atoms with Crippen LogP contribution in [0.4, 0.5) is 0 Å². The molecule has 108 valence electrons. The molecule has 0 saturated heterocycles. The molecule has 0 saturated carbocycles. The predicted octanol–water partition coefficient (Wildman–Crippen LogP) is 2.07. The lowest BCUT2D eigenvalue weighted by Crippen LogP contribution is -2.38. The number of nitrogens with zero attached hydrogens (tertiary/aromatic N) is 4. The molecule has 0 aliphatic carbocycles. The smallest absolute Gasteiger partial charge is 0.192 e. The summed E-state index contributed by atoms with van der Waals surface area (Å²) in [6.07, 6.45) is 6.01. The second kappa shape index (κ2) is 5.45. The lowest BCUT2D eigenvalue weighted by molar-refractivity contribution is -0.744. The Morgan fingerprint density at radius 2 is 1.91 bits per heavy atom. The summed E-state index contributed by atoms with van der Waals surface area (Å²) in [6.45, 7) is 4.15. The molecule has 0 atom stereocenters. The number of pyridine rings is 1. The number of nitriles is 1. The highest BCUT2D eigenvalue weighted by Crippen LogP contribution is 2.20.